The van der Waals surface area contributed by atoms with Crippen molar-refractivity contribution in [3.8, 4) is 11.5 Å². The van der Waals surface area contributed by atoms with Gasteiger partial charge in [0.1, 0.15) is 5.75 Å². The average molecular weight is 323 g/mol. The predicted molar refractivity (Wildman–Crippen MR) is 80.3 cm³/mol. The van der Waals surface area contributed by atoms with Crippen molar-refractivity contribution in [3.63, 3.8) is 0 Å². The fourth-order valence-corrected chi connectivity index (χ4v) is 1.84. The van der Waals surface area contributed by atoms with Gasteiger partial charge in [0.15, 0.2) is 12.4 Å². The number of benzene rings is 2. The van der Waals surface area contributed by atoms with Gasteiger partial charge in [0.2, 0.25) is 0 Å². The van der Waals surface area contributed by atoms with Crippen molar-refractivity contribution in [3.05, 3.63) is 57.6 Å². The molecule has 2 aromatic rings. The molecule has 0 saturated carbocycles. The van der Waals surface area contributed by atoms with Gasteiger partial charge in [-0.05, 0) is 24.3 Å². The molecule has 0 atom stereocenters. The monoisotopic (exact) mass is 322 g/mol. The smallest absolute Gasteiger partial charge is 0.310 e. The van der Waals surface area contributed by atoms with Gasteiger partial charge in [0.05, 0.1) is 10.6 Å². The number of anilines is 1. The molecule has 0 bridgehead atoms. The van der Waals surface area contributed by atoms with Gasteiger partial charge in [0, 0.05) is 11.1 Å². The molecular formula is C14H11ClN2O5. The molecule has 0 unspecified atom stereocenters. The Morgan fingerprint density at radius 3 is 2.77 bits per heavy atom. The maximum absolute atomic E-state index is 11.8. The number of para-hydroxylation sites is 2. The lowest BCUT2D eigenvalue weighted by Crippen LogP contribution is -2.20. The number of halogens is 1. The van der Waals surface area contributed by atoms with Crippen LogP contribution in [0, 0.1) is 10.1 Å². The molecule has 0 fully saturated rings. The number of ether oxygens (including phenoxy) is 1. The van der Waals surface area contributed by atoms with E-state index in [1.807, 2.05) is 0 Å². The van der Waals surface area contributed by atoms with Gasteiger partial charge in [0.25, 0.3) is 5.91 Å². The lowest BCUT2D eigenvalue weighted by molar-refractivity contribution is -0.385. The first-order valence-corrected chi connectivity index (χ1v) is 6.50. The van der Waals surface area contributed by atoms with E-state index >= 15 is 0 Å². The number of hydrogen-bond acceptors (Lipinski definition) is 5. The summed E-state index contributed by atoms with van der Waals surface area (Å²) in [6.45, 7) is -0.448. The van der Waals surface area contributed by atoms with Crippen LogP contribution in [-0.2, 0) is 4.79 Å². The molecule has 2 aromatic carbocycles. The summed E-state index contributed by atoms with van der Waals surface area (Å²) in [6, 6.07) is 9.90. The number of nitro benzene ring substituents is 1. The highest BCUT2D eigenvalue weighted by Crippen LogP contribution is 2.27. The molecule has 0 aliphatic heterocycles. The van der Waals surface area contributed by atoms with Crippen LogP contribution in [0.25, 0.3) is 0 Å². The third-order valence-electron chi connectivity index (χ3n) is 2.65. The van der Waals surface area contributed by atoms with E-state index in [1.165, 1.54) is 36.4 Å². The summed E-state index contributed by atoms with van der Waals surface area (Å²) >= 11 is 5.76. The highest BCUT2D eigenvalue weighted by molar-refractivity contribution is 6.31. The highest BCUT2D eigenvalue weighted by atomic mass is 35.5. The van der Waals surface area contributed by atoms with E-state index in [2.05, 4.69) is 5.32 Å². The molecule has 8 heteroatoms. The zero-order valence-electron chi connectivity index (χ0n) is 11.2. The zero-order valence-corrected chi connectivity index (χ0v) is 11.9. The third-order valence-corrected chi connectivity index (χ3v) is 2.89. The summed E-state index contributed by atoms with van der Waals surface area (Å²) in [4.78, 5) is 22.0. The Kier molecular flexibility index (Phi) is 4.80. The van der Waals surface area contributed by atoms with E-state index < -0.39 is 17.4 Å². The van der Waals surface area contributed by atoms with Crippen LogP contribution < -0.4 is 10.1 Å². The molecule has 2 N–H and O–H groups in total. The van der Waals surface area contributed by atoms with Crippen LogP contribution in [-0.4, -0.2) is 22.5 Å². The van der Waals surface area contributed by atoms with Crippen LogP contribution in [0.15, 0.2) is 42.5 Å². The summed E-state index contributed by atoms with van der Waals surface area (Å²) in [5, 5.41) is 23.1. The van der Waals surface area contributed by atoms with Crippen molar-refractivity contribution in [1.82, 2.24) is 0 Å². The van der Waals surface area contributed by atoms with E-state index in [-0.39, 0.29) is 22.9 Å². The van der Waals surface area contributed by atoms with E-state index in [0.29, 0.717) is 5.02 Å². The van der Waals surface area contributed by atoms with Crippen molar-refractivity contribution < 1.29 is 19.6 Å². The second kappa shape index (κ2) is 6.77. The Balaban J connectivity index is 2.02. The molecule has 2 rings (SSSR count). The van der Waals surface area contributed by atoms with Crippen LogP contribution in [0.5, 0.6) is 11.5 Å². The second-order valence-electron chi connectivity index (χ2n) is 4.22. The first-order chi connectivity index (χ1) is 10.5. The summed E-state index contributed by atoms with van der Waals surface area (Å²) in [5.74, 6) is -0.753. The lowest BCUT2D eigenvalue weighted by Gasteiger charge is -2.09. The SMILES string of the molecule is O=C(COc1ccccc1[N+](=O)[O-])Nc1cc(Cl)ccc1O. The van der Waals surface area contributed by atoms with Gasteiger partial charge in [-0.25, -0.2) is 0 Å². The first kappa shape index (κ1) is 15.6. The number of rotatable bonds is 5. The number of aromatic hydroxyl groups is 1. The number of hydrogen-bond donors (Lipinski definition) is 2. The zero-order chi connectivity index (χ0) is 16.1. The fraction of sp³-hybridized carbons (Fsp3) is 0.0714. The molecule has 1 amide bonds. The van der Waals surface area contributed by atoms with E-state index in [9.17, 15) is 20.0 Å². The number of nitro groups is 1. The minimum absolute atomic E-state index is 0.0158. The lowest BCUT2D eigenvalue weighted by atomic mass is 10.3. The number of nitrogens with zero attached hydrogens (tertiary/aromatic N) is 1. The number of nitrogens with one attached hydrogen (secondary N) is 1. The molecule has 0 spiro atoms. The minimum atomic E-state index is -0.601. The topological polar surface area (TPSA) is 102 Å². The standard InChI is InChI=1S/C14H11ClN2O5/c15-9-5-6-12(18)10(7-9)16-14(19)8-22-13-4-2-1-3-11(13)17(20)21/h1-7,18H,8H2,(H,16,19). The van der Waals surface area contributed by atoms with Gasteiger partial charge in [-0.2, -0.15) is 0 Å². The van der Waals surface area contributed by atoms with Gasteiger partial charge in [-0.15, -0.1) is 0 Å². The molecular weight excluding hydrogens is 312 g/mol. The number of phenols is 1. The Morgan fingerprint density at radius 2 is 2.05 bits per heavy atom. The van der Waals surface area contributed by atoms with Crippen molar-refractivity contribution in [2.75, 3.05) is 11.9 Å². The van der Waals surface area contributed by atoms with Gasteiger partial charge < -0.3 is 15.2 Å². The Hall–Kier alpha value is -2.80. The third kappa shape index (κ3) is 3.86. The molecule has 0 saturated heterocycles. The first-order valence-electron chi connectivity index (χ1n) is 6.12. The Bertz CT molecular complexity index is 720. The molecule has 0 radical (unpaired) electrons. The number of carbonyl (C=O) groups is 1. The van der Waals surface area contributed by atoms with Gasteiger partial charge >= 0.3 is 5.69 Å². The minimum Gasteiger partial charge on any atom is -0.506 e. The summed E-state index contributed by atoms with van der Waals surface area (Å²) in [7, 11) is 0. The van der Waals surface area contributed by atoms with Crippen LogP contribution >= 0.6 is 11.6 Å². The number of amides is 1. The average Bonchev–Trinajstić information content (AvgIpc) is 2.49. The fourth-order valence-electron chi connectivity index (χ4n) is 1.67. The number of carbonyl (C=O) groups excluding carboxylic acids is 1. The molecule has 0 aliphatic carbocycles. The van der Waals surface area contributed by atoms with Crippen molar-refractivity contribution >= 4 is 28.9 Å². The van der Waals surface area contributed by atoms with Crippen LogP contribution in [0.1, 0.15) is 0 Å². The van der Waals surface area contributed by atoms with E-state index in [1.54, 1.807) is 6.07 Å². The molecule has 114 valence electrons. The van der Waals surface area contributed by atoms with E-state index in [0.717, 1.165) is 0 Å². The maximum Gasteiger partial charge on any atom is 0.310 e. The van der Waals surface area contributed by atoms with Crippen LogP contribution in [0.4, 0.5) is 11.4 Å². The Morgan fingerprint density at radius 1 is 1.32 bits per heavy atom. The van der Waals surface area contributed by atoms with Crippen molar-refractivity contribution in [2.24, 2.45) is 0 Å². The van der Waals surface area contributed by atoms with Crippen molar-refractivity contribution in [2.45, 2.75) is 0 Å². The normalized spacial score (nSPS) is 10.0. The molecule has 0 heterocycles. The molecule has 7 nitrogen and oxygen atoms in total. The quantitative estimate of drug-likeness (QED) is 0.500. The van der Waals surface area contributed by atoms with Gasteiger partial charge in [-0.1, -0.05) is 23.7 Å². The Labute approximate surface area is 130 Å². The predicted octanol–water partition coefficient (Wildman–Crippen LogP) is 2.97. The van der Waals surface area contributed by atoms with E-state index in [4.69, 9.17) is 16.3 Å². The molecule has 22 heavy (non-hydrogen) atoms. The van der Waals surface area contributed by atoms with Crippen LogP contribution in [0.3, 0.4) is 0 Å². The highest BCUT2D eigenvalue weighted by Gasteiger charge is 2.15. The van der Waals surface area contributed by atoms with Gasteiger partial charge in [-0.3, -0.25) is 14.9 Å². The molecule has 0 aromatic heterocycles. The summed E-state index contributed by atoms with van der Waals surface area (Å²) in [5.41, 5.74) is -0.107. The maximum atomic E-state index is 11.8. The second-order valence-corrected chi connectivity index (χ2v) is 4.66. The largest absolute Gasteiger partial charge is 0.506 e. The molecule has 0 aliphatic rings. The van der Waals surface area contributed by atoms with Crippen LogP contribution in [0.2, 0.25) is 5.02 Å². The summed E-state index contributed by atoms with van der Waals surface area (Å²) < 4.78 is 5.13. The van der Waals surface area contributed by atoms with Crippen molar-refractivity contribution in [1.29, 1.82) is 0 Å². The summed E-state index contributed by atoms with van der Waals surface area (Å²) in [6.07, 6.45) is 0. The number of phenolic OH excluding ortho intramolecular Hbond substituents is 1.